The highest BCUT2D eigenvalue weighted by atomic mass is 16.5. The van der Waals surface area contributed by atoms with Gasteiger partial charge in [-0.05, 0) is 35.9 Å². The van der Waals surface area contributed by atoms with E-state index >= 15 is 0 Å². The molecule has 1 aromatic carbocycles. The summed E-state index contributed by atoms with van der Waals surface area (Å²) in [7, 11) is 1.63. The van der Waals surface area contributed by atoms with E-state index in [9.17, 15) is 4.79 Å². The van der Waals surface area contributed by atoms with Crippen molar-refractivity contribution in [2.75, 3.05) is 7.11 Å². The maximum Gasteiger partial charge on any atom is 0.270 e. The number of pyridine rings is 1. The molecule has 0 radical (unpaired) electrons. The smallest absolute Gasteiger partial charge is 0.270 e. The minimum Gasteiger partial charge on any atom is -0.497 e. The van der Waals surface area contributed by atoms with Crippen molar-refractivity contribution in [3.05, 3.63) is 65.6 Å². The lowest BCUT2D eigenvalue weighted by molar-refractivity contribution is 0.0955. The average molecular weight is 306 g/mol. The molecule has 1 atom stereocenters. The molecule has 4 rings (SSSR count). The van der Waals surface area contributed by atoms with Gasteiger partial charge in [-0.25, -0.2) is 0 Å². The van der Waals surface area contributed by atoms with E-state index in [2.05, 4.69) is 20.5 Å². The SMILES string of the molecule is COc1ccc(-c2n[nH]c3c2C(c2cccnc2)NC3=O)cc1. The van der Waals surface area contributed by atoms with Gasteiger partial charge in [0, 0.05) is 23.5 Å². The number of hydrogen-bond donors (Lipinski definition) is 2. The lowest BCUT2D eigenvalue weighted by Gasteiger charge is -2.12. The first-order valence-electron chi connectivity index (χ1n) is 7.21. The molecule has 0 saturated heterocycles. The molecule has 0 fully saturated rings. The number of hydrogen-bond acceptors (Lipinski definition) is 4. The van der Waals surface area contributed by atoms with E-state index in [1.54, 1.807) is 19.5 Å². The van der Waals surface area contributed by atoms with Crippen LogP contribution in [0.5, 0.6) is 5.75 Å². The molecule has 23 heavy (non-hydrogen) atoms. The summed E-state index contributed by atoms with van der Waals surface area (Å²) >= 11 is 0. The highest BCUT2D eigenvalue weighted by Crippen LogP contribution is 2.36. The number of fused-ring (bicyclic) bond motifs is 1. The van der Waals surface area contributed by atoms with E-state index in [0.717, 1.165) is 28.1 Å². The molecule has 2 aromatic heterocycles. The van der Waals surface area contributed by atoms with Crippen molar-refractivity contribution in [2.24, 2.45) is 0 Å². The van der Waals surface area contributed by atoms with Crippen LogP contribution in [-0.2, 0) is 0 Å². The van der Waals surface area contributed by atoms with Gasteiger partial charge >= 0.3 is 0 Å². The van der Waals surface area contributed by atoms with E-state index < -0.39 is 0 Å². The van der Waals surface area contributed by atoms with Crippen LogP contribution in [-0.4, -0.2) is 28.2 Å². The minimum absolute atomic E-state index is 0.152. The number of aromatic amines is 1. The summed E-state index contributed by atoms with van der Waals surface area (Å²) in [5.41, 5.74) is 3.97. The number of carbonyl (C=O) groups excluding carboxylic acids is 1. The molecule has 0 aliphatic carbocycles. The maximum absolute atomic E-state index is 12.2. The second kappa shape index (κ2) is 5.24. The van der Waals surface area contributed by atoms with Gasteiger partial charge in [0.1, 0.15) is 11.4 Å². The summed E-state index contributed by atoms with van der Waals surface area (Å²) in [5, 5.41) is 10.2. The van der Waals surface area contributed by atoms with E-state index in [1.807, 2.05) is 36.4 Å². The van der Waals surface area contributed by atoms with Gasteiger partial charge in [-0.15, -0.1) is 0 Å². The van der Waals surface area contributed by atoms with Crippen LogP contribution in [0.4, 0.5) is 0 Å². The predicted molar refractivity (Wildman–Crippen MR) is 84.1 cm³/mol. The number of amides is 1. The Morgan fingerprint density at radius 3 is 2.70 bits per heavy atom. The molecule has 3 heterocycles. The zero-order valence-corrected chi connectivity index (χ0v) is 12.4. The fraction of sp³-hybridized carbons (Fsp3) is 0.118. The van der Waals surface area contributed by atoms with E-state index in [4.69, 9.17) is 4.74 Å². The van der Waals surface area contributed by atoms with Crippen molar-refractivity contribution in [3.63, 3.8) is 0 Å². The number of nitrogens with one attached hydrogen (secondary N) is 2. The van der Waals surface area contributed by atoms with Crippen molar-refractivity contribution in [2.45, 2.75) is 6.04 Å². The van der Waals surface area contributed by atoms with Crippen LogP contribution >= 0.6 is 0 Å². The van der Waals surface area contributed by atoms with Gasteiger partial charge in [0.25, 0.3) is 5.91 Å². The van der Waals surface area contributed by atoms with Crippen molar-refractivity contribution in [3.8, 4) is 17.0 Å². The molecular formula is C17H14N4O2. The van der Waals surface area contributed by atoms with Gasteiger partial charge in [-0.1, -0.05) is 6.07 Å². The molecule has 1 aliphatic rings. The molecule has 6 nitrogen and oxygen atoms in total. The zero-order valence-electron chi connectivity index (χ0n) is 12.4. The summed E-state index contributed by atoms with van der Waals surface area (Å²) in [5.74, 6) is 0.625. The van der Waals surface area contributed by atoms with Crippen LogP contribution in [0.1, 0.15) is 27.7 Å². The Balaban J connectivity index is 1.82. The summed E-state index contributed by atoms with van der Waals surface area (Å²) in [6.45, 7) is 0. The molecule has 1 amide bonds. The van der Waals surface area contributed by atoms with Crippen LogP contribution < -0.4 is 10.1 Å². The Hall–Kier alpha value is -3.15. The highest BCUT2D eigenvalue weighted by molar-refractivity contribution is 6.00. The molecular weight excluding hydrogens is 292 g/mol. The molecule has 0 saturated carbocycles. The third-order valence-corrected chi connectivity index (χ3v) is 3.98. The highest BCUT2D eigenvalue weighted by Gasteiger charge is 2.35. The van der Waals surface area contributed by atoms with Crippen molar-refractivity contribution >= 4 is 5.91 Å². The van der Waals surface area contributed by atoms with Gasteiger partial charge in [-0.3, -0.25) is 14.9 Å². The minimum atomic E-state index is -0.248. The second-order valence-corrected chi connectivity index (χ2v) is 5.28. The summed E-state index contributed by atoms with van der Waals surface area (Å²) in [6.07, 6.45) is 3.46. The van der Waals surface area contributed by atoms with Crippen LogP contribution in [0, 0.1) is 0 Å². The summed E-state index contributed by atoms with van der Waals surface area (Å²) < 4.78 is 5.18. The van der Waals surface area contributed by atoms with E-state index in [0.29, 0.717) is 5.69 Å². The number of carbonyl (C=O) groups is 1. The standard InChI is InChI=1S/C17H14N4O2/c1-23-12-6-4-10(5-7-12)15-13-14(11-3-2-8-18-9-11)19-17(22)16(13)21-20-15/h2-9,14H,1H3,(H,19,22)(H,20,21). The van der Waals surface area contributed by atoms with Crippen LogP contribution in [0.25, 0.3) is 11.3 Å². The van der Waals surface area contributed by atoms with Gasteiger partial charge in [0.2, 0.25) is 0 Å². The molecule has 0 spiro atoms. The number of benzene rings is 1. The molecule has 1 aliphatic heterocycles. The number of ether oxygens (including phenoxy) is 1. The Kier molecular flexibility index (Phi) is 3.08. The van der Waals surface area contributed by atoms with Crippen molar-refractivity contribution in [1.29, 1.82) is 0 Å². The lowest BCUT2D eigenvalue weighted by Crippen LogP contribution is -2.21. The third-order valence-electron chi connectivity index (χ3n) is 3.98. The van der Waals surface area contributed by atoms with Gasteiger partial charge < -0.3 is 10.1 Å². The molecule has 3 aromatic rings. The maximum atomic E-state index is 12.2. The first kappa shape index (κ1) is 13.5. The van der Waals surface area contributed by atoms with Gasteiger partial charge in [0.05, 0.1) is 18.8 Å². The number of H-pyrrole nitrogens is 1. The van der Waals surface area contributed by atoms with Crippen molar-refractivity contribution in [1.82, 2.24) is 20.5 Å². The first-order valence-corrected chi connectivity index (χ1v) is 7.21. The number of rotatable bonds is 3. The molecule has 2 N–H and O–H groups in total. The fourth-order valence-electron chi connectivity index (χ4n) is 2.85. The lowest BCUT2D eigenvalue weighted by atomic mass is 9.98. The summed E-state index contributed by atoms with van der Waals surface area (Å²) in [6, 6.07) is 11.2. The largest absolute Gasteiger partial charge is 0.497 e. The van der Waals surface area contributed by atoms with Gasteiger partial charge in [-0.2, -0.15) is 5.10 Å². The first-order chi connectivity index (χ1) is 11.3. The van der Waals surface area contributed by atoms with Crippen LogP contribution in [0.15, 0.2) is 48.8 Å². The molecule has 114 valence electrons. The van der Waals surface area contributed by atoms with Crippen LogP contribution in [0.3, 0.4) is 0 Å². The van der Waals surface area contributed by atoms with Crippen molar-refractivity contribution < 1.29 is 9.53 Å². The average Bonchev–Trinajstić information content (AvgIpc) is 3.17. The Labute approximate surface area is 132 Å². The van der Waals surface area contributed by atoms with Gasteiger partial charge in [0.15, 0.2) is 0 Å². The van der Waals surface area contributed by atoms with E-state index in [1.165, 1.54) is 0 Å². The van der Waals surface area contributed by atoms with E-state index in [-0.39, 0.29) is 11.9 Å². The number of nitrogens with zero attached hydrogens (tertiary/aromatic N) is 2. The molecule has 1 unspecified atom stereocenters. The Bertz CT molecular complexity index is 856. The second-order valence-electron chi connectivity index (χ2n) is 5.28. The quantitative estimate of drug-likeness (QED) is 0.778. The number of methoxy groups -OCH3 is 1. The summed E-state index contributed by atoms with van der Waals surface area (Å²) in [4.78, 5) is 16.3. The molecule has 6 heteroatoms. The topological polar surface area (TPSA) is 79.9 Å². The fourth-order valence-corrected chi connectivity index (χ4v) is 2.85. The zero-order chi connectivity index (χ0) is 15.8. The Morgan fingerprint density at radius 2 is 2.00 bits per heavy atom. The van der Waals surface area contributed by atoms with Crippen LogP contribution in [0.2, 0.25) is 0 Å². The Morgan fingerprint density at radius 1 is 1.17 bits per heavy atom. The third kappa shape index (κ3) is 2.15. The normalized spacial score (nSPS) is 16.0. The predicted octanol–water partition coefficient (Wildman–Crippen LogP) is 2.31. The number of aromatic nitrogens is 3. The molecule has 0 bridgehead atoms. The monoisotopic (exact) mass is 306 g/mol.